The Morgan fingerprint density at radius 2 is 2.43 bits per heavy atom. The van der Waals surface area contributed by atoms with Gasteiger partial charge in [-0.05, 0) is 11.6 Å². The molecule has 2 heterocycles. The number of nitrogens with one attached hydrogen (secondary N) is 1. The van der Waals surface area contributed by atoms with E-state index in [2.05, 4.69) is 15.4 Å². The van der Waals surface area contributed by atoms with E-state index in [9.17, 15) is 0 Å². The van der Waals surface area contributed by atoms with Crippen LogP contribution in [0.3, 0.4) is 0 Å². The lowest BCUT2D eigenvalue weighted by Gasteiger charge is -1.98. The van der Waals surface area contributed by atoms with E-state index in [-0.39, 0.29) is 6.61 Å². The number of hydrogen-bond acceptors (Lipinski definition) is 4. The number of anilines is 1. The molecule has 0 saturated heterocycles. The van der Waals surface area contributed by atoms with Crippen molar-refractivity contribution in [2.45, 2.75) is 6.61 Å². The first-order valence-corrected chi connectivity index (χ1v) is 4.46. The third-order valence-electron chi connectivity index (χ3n) is 1.85. The van der Waals surface area contributed by atoms with E-state index in [1.807, 2.05) is 0 Å². The van der Waals surface area contributed by atoms with Crippen LogP contribution < -0.4 is 5.32 Å². The number of rotatable bonds is 2. The van der Waals surface area contributed by atoms with E-state index in [1.165, 1.54) is 0 Å². The monoisotopic (exact) mass is 212 g/mol. The van der Waals surface area contributed by atoms with E-state index >= 15 is 0 Å². The molecule has 5 nitrogen and oxygen atoms in total. The Bertz CT molecular complexity index is 468. The van der Waals surface area contributed by atoms with Crippen LogP contribution in [-0.2, 0) is 6.61 Å². The molecule has 0 bridgehead atoms. The predicted octanol–water partition coefficient (Wildman–Crippen LogP) is 0.917. The first-order chi connectivity index (χ1) is 6.74. The summed E-state index contributed by atoms with van der Waals surface area (Å²) in [6.45, 7) is -0.0651. The molecule has 0 atom stereocenters. The van der Waals surface area contributed by atoms with Gasteiger partial charge in [-0.1, -0.05) is 11.6 Å². The molecule has 0 fully saturated rings. The first kappa shape index (κ1) is 9.23. The number of halogens is 1. The number of hydrogen-bond donors (Lipinski definition) is 2. The van der Waals surface area contributed by atoms with Gasteiger partial charge in [0.05, 0.1) is 11.6 Å². The minimum Gasteiger partial charge on any atom is -0.392 e. The summed E-state index contributed by atoms with van der Waals surface area (Å²) < 4.78 is 1.54. The Morgan fingerprint density at radius 1 is 1.64 bits per heavy atom. The van der Waals surface area contributed by atoms with Crippen LogP contribution in [0, 0.1) is 0 Å². The van der Waals surface area contributed by atoms with Crippen LogP contribution in [0.5, 0.6) is 0 Å². The minimum absolute atomic E-state index is 0.0651. The molecule has 2 N–H and O–H groups in total. The number of aliphatic hydroxyl groups excluding tert-OH is 1. The van der Waals surface area contributed by atoms with Crippen LogP contribution in [0.1, 0.15) is 5.56 Å². The van der Waals surface area contributed by atoms with E-state index in [0.29, 0.717) is 22.2 Å². The van der Waals surface area contributed by atoms with Crippen LogP contribution >= 0.6 is 11.6 Å². The predicted molar refractivity (Wildman–Crippen MR) is 53.5 cm³/mol. The van der Waals surface area contributed by atoms with Gasteiger partial charge in [0.2, 0.25) is 5.95 Å². The third-order valence-corrected chi connectivity index (χ3v) is 2.13. The summed E-state index contributed by atoms with van der Waals surface area (Å²) in [6, 6.07) is 1.67. The number of fused-ring (bicyclic) bond motifs is 1. The number of aliphatic hydroxyl groups is 1. The van der Waals surface area contributed by atoms with Crippen molar-refractivity contribution in [2.75, 3.05) is 12.4 Å². The van der Waals surface area contributed by atoms with Crippen LogP contribution in [0.25, 0.3) is 5.65 Å². The fourth-order valence-electron chi connectivity index (χ4n) is 1.19. The summed E-state index contributed by atoms with van der Waals surface area (Å²) >= 11 is 5.95. The number of nitrogens with zero attached hydrogens (tertiary/aromatic N) is 3. The highest BCUT2D eigenvalue weighted by Crippen LogP contribution is 2.18. The molecule has 0 aliphatic rings. The largest absolute Gasteiger partial charge is 0.392 e. The van der Waals surface area contributed by atoms with Gasteiger partial charge in [0.25, 0.3) is 0 Å². The second-order valence-corrected chi connectivity index (χ2v) is 3.22. The first-order valence-electron chi connectivity index (χ1n) is 4.08. The zero-order valence-electron chi connectivity index (χ0n) is 7.53. The van der Waals surface area contributed by atoms with Gasteiger partial charge >= 0.3 is 0 Å². The maximum absolute atomic E-state index is 8.95. The Hall–Kier alpha value is -1.33. The van der Waals surface area contributed by atoms with Gasteiger partial charge in [0, 0.05) is 13.2 Å². The summed E-state index contributed by atoms with van der Waals surface area (Å²) in [6.07, 6.45) is 1.69. The topological polar surface area (TPSA) is 62.5 Å². The fourth-order valence-corrected chi connectivity index (χ4v) is 1.46. The van der Waals surface area contributed by atoms with Crippen molar-refractivity contribution in [3.8, 4) is 0 Å². The highest BCUT2D eigenvalue weighted by molar-refractivity contribution is 6.33. The lowest BCUT2D eigenvalue weighted by Crippen LogP contribution is -1.93. The van der Waals surface area contributed by atoms with Gasteiger partial charge in [0.15, 0.2) is 5.65 Å². The van der Waals surface area contributed by atoms with E-state index in [1.54, 1.807) is 23.8 Å². The van der Waals surface area contributed by atoms with Crippen molar-refractivity contribution < 1.29 is 5.11 Å². The molecule has 0 aliphatic carbocycles. The third kappa shape index (κ3) is 1.40. The summed E-state index contributed by atoms with van der Waals surface area (Å²) in [7, 11) is 1.73. The molecule has 0 unspecified atom stereocenters. The second kappa shape index (κ2) is 3.43. The maximum atomic E-state index is 8.95. The molecule has 0 aromatic carbocycles. The normalized spacial score (nSPS) is 10.8. The summed E-state index contributed by atoms with van der Waals surface area (Å²) in [4.78, 5) is 4.13. The molecule has 2 aromatic rings. The quantitative estimate of drug-likeness (QED) is 0.777. The van der Waals surface area contributed by atoms with Crippen molar-refractivity contribution in [3.63, 3.8) is 0 Å². The molecule has 6 heteroatoms. The van der Waals surface area contributed by atoms with Crippen molar-refractivity contribution in [3.05, 3.63) is 22.8 Å². The highest BCUT2D eigenvalue weighted by atomic mass is 35.5. The van der Waals surface area contributed by atoms with Crippen molar-refractivity contribution >= 4 is 23.2 Å². The molecular formula is C8H9ClN4O. The Balaban J connectivity index is 2.67. The van der Waals surface area contributed by atoms with Gasteiger partial charge < -0.3 is 10.4 Å². The van der Waals surface area contributed by atoms with Gasteiger partial charge in [-0.2, -0.15) is 4.98 Å². The van der Waals surface area contributed by atoms with Gasteiger partial charge in [-0.3, -0.25) is 0 Å². The van der Waals surface area contributed by atoms with Crippen molar-refractivity contribution in [1.82, 2.24) is 14.6 Å². The van der Waals surface area contributed by atoms with E-state index in [4.69, 9.17) is 16.7 Å². The Kier molecular flexibility index (Phi) is 2.26. The smallest absolute Gasteiger partial charge is 0.242 e. The molecule has 0 spiro atoms. The molecular weight excluding hydrogens is 204 g/mol. The summed E-state index contributed by atoms with van der Waals surface area (Å²) in [5.74, 6) is 0.502. The average Bonchev–Trinajstić information content (AvgIpc) is 2.61. The van der Waals surface area contributed by atoms with Crippen LogP contribution in [-0.4, -0.2) is 26.8 Å². The van der Waals surface area contributed by atoms with Crippen LogP contribution in [0.15, 0.2) is 12.3 Å². The minimum atomic E-state index is -0.0651. The van der Waals surface area contributed by atoms with Gasteiger partial charge in [0.1, 0.15) is 0 Å². The molecule has 74 valence electrons. The lowest BCUT2D eigenvalue weighted by atomic mass is 10.3. The highest BCUT2D eigenvalue weighted by Gasteiger charge is 2.07. The molecule has 0 aliphatic heterocycles. The van der Waals surface area contributed by atoms with Crippen LogP contribution in [0.2, 0.25) is 5.02 Å². The molecule has 2 rings (SSSR count). The fraction of sp³-hybridized carbons (Fsp3) is 0.250. The van der Waals surface area contributed by atoms with E-state index < -0.39 is 0 Å². The summed E-state index contributed by atoms with van der Waals surface area (Å²) in [5, 5.41) is 16.3. The molecule has 14 heavy (non-hydrogen) atoms. The lowest BCUT2D eigenvalue weighted by molar-refractivity contribution is 0.281. The molecule has 0 amide bonds. The second-order valence-electron chi connectivity index (χ2n) is 2.81. The van der Waals surface area contributed by atoms with Crippen LogP contribution in [0.4, 0.5) is 5.95 Å². The SMILES string of the molecule is CNc1nc2c(Cl)cc(CO)cn2n1. The number of pyridine rings is 1. The standard InChI is InChI=1S/C8H9ClN4O/c1-10-8-11-7-6(9)2-5(4-14)3-13(7)12-8/h2-3,14H,4H2,1H3,(H,10,12). The average molecular weight is 213 g/mol. The summed E-state index contributed by atoms with van der Waals surface area (Å²) in [5.41, 5.74) is 1.28. The van der Waals surface area contributed by atoms with Gasteiger partial charge in [-0.15, -0.1) is 5.10 Å². The Labute approximate surface area is 85.3 Å². The van der Waals surface area contributed by atoms with Gasteiger partial charge in [-0.25, -0.2) is 4.52 Å². The molecule has 2 aromatic heterocycles. The van der Waals surface area contributed by atoms with E-state index in [0.717, 1.165) is 0 Å². The maximum Gasteiger partial charge on any atom is 0.242 e. The zero-order valence-corrected chi connectivity index (χ0v) is 8.28. The van der Waals surface area contributed by atoms with Crippen molar-refractivity contribution in [1.29, 1.82) is 0 Å². The number of aromatic nitrogens is 3. The van der Waals surface area contributed by atoms with Crippen molar-refractivity contribution in [2.24, 2.45) is 0 Å². The molecule has 0 saturated carbocycles. The zero-order chi connectivity index (χ0) is 10.1. The Morgan fingerprint density at radius 3 is 3.07 bits per heavy atom. The molecule has 0 radical (unpaired) electrons.